The number of aliphatic imine (C=N–C) groups is 1. The van der Waals surface area contributed by atoms with Crippen molar-refractivity contribution < 1.29 is 4.74 Å². The normalized spacial score (nSPS) is 12.8. The highest BCUT2D eigenvalue weighted by atomic mass is 32.1. The van der Waals surface area contributed by atoms with E-state index in [4.69, 9.17) is 9.73 Å². The molecule has 1 N–H and O–H groups in total. The number of hydrogen-bond acceptors (Lipinski definition) is 4. The quantitative estimate of drug-likeness (QED) is 0.605. The lowest BCUT2D eigenvalue weighted by Crippen LogP contribution is -2.39. The standard InChI is InChI=1S/C19H28N4OS/c1-6-20-19(23(5)12-17-13-25-16(4)22-17)21-11-15(3)24-18-9-7-14(2)8-10-18/h7-10,13,15H,6,11-12H2,1-5H3,(H,20,21). The van der Waals surface area contributed by atoms with Crippen LogP contribution in [0.1, 0.15) is 30.1 Å². The molecule has 0 aliphatic carbocycles. The van der Waals surface area contributed by atoms with Crippen molar-refractivity contribution in [1.29, 1.82) is 0 Å². The maximum atomic E-state index is 5.94. The summed E-state index contributed by atoms with van der Waals surface area (Å²) in [6.45, 7) is 10.4. The van der Waals surface area contributed by atoms with E-state index >= 15 is 0 Å². The molecule has 0 saturated carbocycles. The minimum atomic E-state index is 0.00581. The van der Waals surface area contributed by atoms with Crippen LogP contribution in [0.15, 0.2) is 34.6 Å². The van der Waals surface area contributed by atoms with E-state index in [-0.39, 0.29) is 6.10 Å². The molecular weight excluding hydrogens is 332 g/mol. The van der Waals surface area contributed by atoms with Crippen molar-refractivity contribution in [2.24, 2.45) is 4.99 Å². The summed E-state index contributed by atoms with van der Waals surface area (Å²) in [5.74, 6) is 1.75. The Labute approximate surface area is 154 Å². The summed E-state index contributed by atoms with van der Waals surface area (Å²) < 4.78 is 5.94. The molecule has 1 aromatic heterocycles. The third-order valence-corrected chi connectivity index (χ3v) is 4.44. The number of aryl methyl sites for hydroxylation is 2. The Morgan fingerprint density at radius 2 is 2.04 bits per heavy atom. The molecule has 136 valence electrons. The van der Waals surface area contributed by atoms with Crippen LogP contribution in [0.5, 0.6) is 5.75 Å². The first-order valence-electron chi connectivity index (χ1n) is 8.61. The molecule has 2 aromatic rings. The Morgan fingerprint density at radius 1 is 1.32 bits per heavy atom. The van der Waals surface area contributed by atoms with Crippen LogP contribution in [0.3, 0.4) is 0 Å². The molecular formula is C19H28N4OS. The van der Waals surface area contributed by atoms with Gasteiger partial charge in [-0.1, -0.05) is 17.7 Å². The van der Waals surface area contributed by atoms with Gasteiger partial charge in [0, 0.05) is 19.0 Å². The van der Waals surface area contributed by atoms with Crippen LogP contribution in [0, 0.1) is 13.8 Å². The van der Waals surface area contributed by atoms with Crippen molar-refractivity contribution >= 4 is 17.3 Å². The summed E-state index contributed by atoms with van der Waals surface area (Å²) in [5, 5.41) is 6.52. The third kappa shape index (κ3) is 6.38. The zero-order valence-corrected chi connectivity index (χ0v) is 16.6. The van der Waals surface area contributed by atoms with Crippen LogP contribution in [0.2, 0.25) is 0 Å². The summed E-state index contributed by atoms with van der Waals surface area (Å²) in [6.07, 6.45) is 0.00581. The molecule has 0 aliphatic rings. The second-order valence-electron chi connectivity index (χ2n) is 6.15. The third-order valence-electron chi connectivity index (χ3n) is 3.62. The van der Waals surface area contributed by atoms with Crippen molar-refractivity contribution in [2.75, 3.05) is 20.1 Å². The number of nitrogens with zero attached hydrogens (tertiary/aromatic N) is 3. The van der Waals surface area contributed by atoms with Gasteiger partial charge in [-0.05, 0) is 39.8 Å². The molecule has 0 bridgehead atoms. The number of aromatic nitrogens is 1. The number of hydrogen-bond donors (Lipinski definition) is 1. The molecule has 6 heteroatoms. The molecule has 0 aliphatic heterocycles. The van der Waals surface area contributed by atoms with Gasteiger partial charge in [-0.25, -0.2) is 9.98 Å². The molecule has 0 spiro atoms. The van der Waals surface area contributed by atoms with Gasteiger partial charge in [-0.2, -0.15) is 0 Å². The van der Waals surface area contributed by atoms with Crippen molar-refractivity contribution in [2.45, 2.75) is 40.3 Å². The summed E-state index contributed by atoms with van der Waals surface area (Å²) >= 11 is 1.67. The Morgan fingerprint density at radius 3 is 2.64 bits per heavy atom. The van der Waals surface area contributed by atoms with Gasteiger partial charge < -0.3 is 15.0 Å². The van der Waals surface area contributed by atoms with E-state index in [2.05, 4.69) is 46.6 Å². The van der Waals surface area contributed by atoms with Gasteiger partial charge in [0.1, 0.15) is 11.9 Å². The highest BCUT2D eigenvalue weighted by Crippen LogP contribution is 2.13. The molecule has 1 aromatic carbocycles. The molecule has 1 heterocycles. The van der Waals surface area contributed by atoms with Gasteiger partial charge in [-0.3, -0.25) is 0 Å². The second kappa shape index (κ2) is 9.42. The fourth-order valence-corrected chi connectivity index (χ4v) is 2.97. The molecule has 25 heavy (non-hydrogen) atoms. The van der Waals surface area contributed by atoms with Gasteiger partial charge >= 0.3 is 0 Å². The number of ether oxygens (including phenoxy) is 1. The van der Waals surface area contributed by atoms with Crippen LogP contribution in [-0.2, 0) is 6.54 Å². The second-order valence-corrected chi connectivity index (χ2v) is 7.21. The van der Waals surface area contributed by atoms with E-state index in [0.29, 0.717) is 6.54 Å². The van der Waals surface area contributed by atoms with Crippen molar-refractivity contribution in [3.8, 4) is 5.75 Å². The molecule has 0 amide bonds. The molecule has 2 rings (SSSR count). The number of guanidine groups is 1. The van der Waals surface area contributed by atoms with Crippen LogP contribution in [-0.4, -0.2) is 42.1 Å². The number of rotatable bonds is 7. The van der Waals surface area contributed by atoms with Gasteiger partial charge in [-0.15, -0.1) is 11.3 Å². The lowest BCUT2D eigenvalue weighted by Gasteiger charge is -2.22. The molecule has 1 atom stereocenters. The highest BCUT2D eigenvalue weighted by Gasteiger charge is 2.10. The Hall–Kier alpha value is -2.08. The SMILES string of the molecule is CCNC(=NCC(C)Oc1ccc(C)cc1)N(C)Cc1csc(C)n1. The Balaban J connectivity index is 1.94. The summed E-state index contributed by atoms with van der Waals surface area (Å²) in [7, 11) is 2.03. The monoisotopic (exact) mass is 360 g/mol. The number of thiazole rings is 1. The maximum Gasteiger partial charge on any atom is 0.194 e. The topological polar surface area (TPSA) is 49.8 Å². The van der Waals surface area contributed by atoms with Crippen LogP contribution in [0.25, 0.3) is 0 Å². The van der Waals surface area contributed by atoms with Crippen molar-refractivity contribution in [3.63, 3.8) is 0 Å². The molecule has 5 nitrogen and oxygen atoms in total. The summed E-state index contributed by atoms with van der Waals surface area (Å²) in [6, 6.07) is 8.10. The Kier molecular flexibility index (Phi) is 7.25. The zero-order valence-electron chi connectivity index (χ0n) is 15.7. The number of nitrogens with one attached hydrogen (secondary N) is 1. The van der Waals surface area contributed by atoms with Gasteiger partial charge in [0.05, 0.1) is 23.8 Å². The Bertz CT molecular complexity index is 681. The van der Waals surface area contributed by atoms with E-state index in [1.165, 1.54) is 5.56 Å². The average molecular weight is 361 g/mol. The fraction of sp³-hybridized carbons (Fsp3) is 0.474. The zero-order chi connectivity index (χ0) is 18.2. The molecule has 0 saturated heterocycles. The first-order valence-corrected chi connectivity index (χ1v) is 9.49. The van der Waals surface area contributed by atoms with E-state index in [1.807, 2.05) is 33.0 Å². The summed E-state index contributed by atoms with van der Waals surface area (Å²) in [5.41, 5.74) is 2.30. The predicted molar refractivity (Wildman–Crippen MR) is 106 cm³/mol. The molecule has 0 radical (unpaired) electrons. The first kappa shape index (κ1) is 19.2. The summed E-state index contributed by atoms with van der Waals surface area (Å²) in [4.78, 5) is 11.3. The number of benzene rings is 1. The van der Waals surface area contributed by atoms with Gasteiger partial charge in [0.15, 0.2) is 5.96 Å². The maximum absolute atomic E-state index is 5.94. The smallest absolute Gasteiger partial charge is 0.194 e. The van der Waals surface area contributed by atoms with Crippen LogP contribution < -0.4 is 10.1 Å². The minimum Gasteiger partial charge on any atom is -0.489 e. The fourth-order valence-electron chi connectivity index (χ4n) is 2.37. The minimum absolute atomic E-state index is 0.00581. The van der Waals surface area contributed by atoms with E-state index in [0.717, 1.165) is 35.5 Å². The highest BCUT2D eigenvalue weighted by molar-refractivity contribution is 7.09. The lowest BCUT2D eigenvalue weighted by atomic mass is 10.2. The molecule has 0 fully saturated rings. The van der Waals surface area contributed by atoms with E-state index in [1.54, 1.807) is 11.3 Å². The predicted octanol–water partition coefficient (Wildman–Crippen LogP) is 3.62. The van der Waals surface area contributed by atoms with Gasteiger partial charge in [0.2, 0.25) is 0 Å². The van der Waals surface area contributed by atoms with Crippen LogP contribution in [0.4, 0.5) is 0 Å². The van der Waals surface area contributed by atoms with Crippen LogP contribution >= 0.6 is 11.3 Å². The largest absolute Gasteiger partial charge is 0.489 e. The lowest BCUT2D eigenvalue weighted by molar-refractivity contribution is 0.229. The van der Waals surface area contributed by atoms with Crippen molar-refractivity contribution in [3.05, 3.63) is 45.9 Å². The van der Waals surface area contributed by atoms with Crippen molar-refractivity contribution in [1.82, 2.24) is 15.2 Å². The van der Waals surface area contributed by atoms with E-state index in [9.17, 15) is 0 Å². The molecule has 1 unspecified atom stereocenters. The van der Waals surface area contributed by atoms with Gasteiger partial charge in [0.25, 0.3) is 0 Å². The van der Waals surface area contributed by atoms with E-state index < -0.39 is 0 Å². The average Bonchev–Trinajstić information content (AvgIpc) is 2.98. The first-order chi connectivity index (χ1) is 12.0.